The molecule has 0 radical (unpaired) electrons. The number of carbonyl (C=O) groups is 2. The Labute approximate surface area is 198 Å². The van der Waals surface area contributed by atoms with Gasteiger partial charge in [0.1, 0.15) is 0 Å². The summed E-state index contributed by atoms with van der Waals surface area (Å²) < 4.78 is 0. The number of nitrogens with zero attached hydrogens (tertiary/aromatic N) is 2. The first kappa shape index (κ1) is 22.7. The Bertz CT molecular complexity index is 1330. The zero-order chi connectivity index (χ0) is 24.1. The van der Waals surface area contributed by atoms with Crippen LogP contribution < -0.4 is 16.0 Å². The van der Waals surface area contributed by atoms with Crippen molar-refractivity contribution < 1.29 is 9.59 Å². The van der Waals surface area contributed by atoms with E-state index in [4.69, 9.17) is 0 Å². The lowest BCUT2D eigenvalue weighted by atomic mass is 10.0. The highest BCUT2D eigenvalue weighted by atomic mass is 16.2. The van der Waals surface area contributed by atoms with Crippen LogP contribution in [0, 0.1) is 13.8 Å². The largest absolute Gasteiger partial charge is 0.326 e. The molecule has 0 aliphatic rings. The first-order valence-electron chi connectivity index (χ1n) is 10.8. The van der Waals surface area contributed by atoms with E-state index in [9.17, 15) is 9.59 Å². The maximum Gasteiger partial charge on any atom is 0.256 e. The summed E-state index contributed by atoms with van der Waals surface area (Å²) in [7, 11) is 0. The number of benzene rings is 3. The maximum atomic E-state index is 12.8. The van der Waals surface area contributed by atoms with Gasteiger partial charge in [-0.3, -0.25) is 9.59 Å². The molecule has 1 aromatic heterocycles. The van der Waals surface area contributed by atoms with Crippen molar-refractivity contribution in [2.75, 3.05) is 16.0 Å². The van der Waals surface area contributed by atoms with E-state index < -0.39 is 0 Å². The van der Waals surface area contributed by atoms with Crippen molar-refractivity contribution in [3.63, 3.8) is 0 Å². The molecule has 7 nitrogen and oxygen atoms in total. The number of aryl methyl sites for hydroxylation is 2. The highest BCUT2D eigenvalue weighted by molar-refractivity contribution is 6.06. The minimum absolute atomic E-state index is 0.117. The molecule has 0 aliphatic heterocycles. The predicted octanol–water partition coefficient (Wildman–Crippen LogP) is 5.71. The number of hydrogen-bond donors (Lipinski definition) is 3. The Morgan fingerprint density at radius 1 is 0.765 bits per heavy atom. The first-order valence-corrected chi connectivity index (χ1v) is 10.8. The highest BCUT2D eigenvalue weighted by Crippen LogP contribution is 2.23. The molecular weight excluding hydrogens is 426 g/mol. The Morgan fingerprint density at radius 2 is 1.44 bits per heavy atom. The lowest BCUT2D eigenvalue weighted by Gasteiger charge is -2.12. The minimum Gasteiger partial charge on any atom is -0.326 e. The molecule has 0 fully saturated rings. The van der Waals surface area contributed by atoms with Gasteiger partial charge in [-0.05, 0) is 61.4 Å². The molecule has 7 heteroatoms. The molecule has 0 saturated heterocycles. The Balaban J connectivity index is 1.49. The number of carbonyl (C=O) groups excluding carboxylic acids is 2. The zero-order valence-corrected chi connectivity index (χ0v) is 19.2. The molecule has 3 N–H and O–H groups in total. The quantitative estimate of drug-likeness (QED) is 0.349. The van der Waals surface area contributed by atoms with E-state index >= 15 is 0 Å². The molecule has 0 aliphatic carbocycles. The monoisotopic (exact) mass is 451 g/mol. The van der Waals surface area contributed by atoms with Crippen LogP contribution >= 0.6 is 0 Å². The van der Waals surface area contributed by atoms with Gasteiger partial charge in [-0.15, -0.1) is 0 Å². The van der Waals surface area contributed by atoms with E-state index in [2.05, 4.69) is 25.9 Å². The summed E-state index contributed by atoms with van der Waals surface area (Å²) in [6.45, 7) is 5.33. The summed E-state index contributed by atoms with van der Waals surface area (Å²) in [6.07, 6.45) is 1.68. The minimum atomic E-state index is -0.145. The van der Waals surface area contributed by atoms with Crippen molar-refractivity contribution in [2.24, 2.45) is 0 Å². The van der Waals surface area contributed by atoms with Gasteiger partial charge in [0.25, 0.3) is 5.91 Å². The summed E-state index contributed by atoms with van der Waals surface area (Å²) in [5, 5.41) is 8.92. The van der Waals surface area contributed by atoms with E-state index in [1.807, 2.05) is 86.6 Å². The van der Waals surface area contributed by atoms with Crippen LogP contribution in [-0.2, 0) is 4.79 Å². The first-order chi connectivity index (χ1) is 16.4. The van der Waals surface area contributed by atoms with Crippen LogP contribution in [0.25, 0.3) is 11.3 Å². The fraction of sp³-hybridized carbons (Fsp3) is 0.111. The second kappa shape index (κ2) is 9.95. The van der Waals surface area contributed by atoms with Crippen LogP contribution in [0.1, 0.15) is 28.4 Å². The lowest BCUT2D eigenvalue weighted by Crippen LogP contribution is -2.15. The smallest absolute Gasteiger partial charge is 0.256 e. The lowest BCUT2D eigenvalue weighted by molar-refractivity contribution is -0.114. The Kier molecular flexibility index (Phi) is 6.64. The van der Waals surface area contributed by atoms with Crippen LogP contribution in [0.4, 0.5) is 23.0 Å². The van der Waals surface area contributed by atoms with Gasteiger partial charge in [-0.2, -0.15) is 0 Å². The molecule has 4 aromatic rings. The molecule has 4 rings (SSSR count). The van der Waals surface area contributed by atoms with Crippen molar-refractivity contribution in [1.82, 2.24) is 9.97 Å². The van der Waals surface area contributed by atoms with Gasteiger partial charge in [-0.1, -0.05) is 36.4 Å². The molecule has 1 heterocycles. The molecule has 0 saturated carbocycles. The van der Waals surface area contributed by atoms with Gasteiger partial charge in [-0.25, -0.2) is 9.97 Å². The molecule has 170 valence electrons. The van der Waals surface area contributed by atoms with Crippen LogP contribution in [-0.4, -0.2) is 21.8 Å². The third-order valence-electron chi connectivity index (χ3n) is 5.24. The third kappa shape index (κ3) is 5.45. The second-order valence-corrected chi connectivity index (χ2v) is 7.95. The number of nitrogens with one attached hydrogen (secondary N) is 3. The van der Waals surface area contributed by atoms with Crippen molar-refractivity contribution in [1.29, 1.82) is 0 Å². The number of amides is 2. The molecule has 0 unspecified atom stereocenters. The number of hydrogen-bond acceptors (Lipinski definition) is 5. The molecule has 0 atom stereocenters. The SMILES string of the molecule is CC(=O)Nc1ccc(-c2ccnc(Nc3cccc(NC(=O)c4c(C)cccc4C)c3)n2)cc1. The van der Waals surface area contributed by atoms with E-state index in [1.165, 1.54) is 6.92 Å². The number of rotatable bonds is 6. The normalized spacial score (nSPS) is 10.4. The van der Waals surface area contributed by atoms with Crippen LogP contribution in [0.2, 0.25) is 0 Å². The summed E-state index contributed by atoms with van der Waals surface area (Å²) in [5.74, 6) is 0.170. The molecular formula is C27H25N5O2. The third-order valence-corrected chi connectivity index (χ3v) is 5.24. The average Bonchev–Trinajstić information content (AvgIpc) is 2.79. The second-order valence-electron chi connectivity index (χ2n) is 7.95. The van der Waals surface area contributed by atoms with Crippen LogP contribution in [0.15, 0.2) is 79.0 Å². The predicted molar refractivity (Wildman–Crippen MR) is 135 cm³/mol. The number of aromatic nitrogens is 2. The fourth-order valence-electron chi connectivity index (χ4n) is 3.68. The standard InChI is InChI=1S/C27H25N5O2/c1-17-6-4-7-18(2)25(17)26(34)30-22-8-5-9-23(16-22)31-27-28-15-14-24(32-27)20-10-12-21(13-11-20)29-19(3)33/h4-16H,1-3H3,(H,29,33)(H,30,34)(H,28,31,32). The molecule has 0 spiro atoms. The van der Waals surface area contributed by atoms with Gasteiger partial charge in [0.15, 0.2) is 0 Å². The highest BCUT2D eigenvalue weighted by Gasteiger charge is 2.12. The van der Waals surface area contributed by atoms with Crippen LogP contribution in [0.3, 0.4) is 0 Å². The van der Waals surface area contributed by atoms with Gasteiger partial charge in [0, 0.05) is 41.3 Å². The molecule has 2 amide bonds. The average molecular weight is 452 g/mol. The van der Waals surface area contributed by atoms with E-state index in [1.54, 1.807) is 6.20 Å². The zero-order valence-electron chi connectivity index (χ0n) is 19.2. The van der Waals surface area contributed by atoms with Gasteiger partial charge >= 0.3 is 0 Å². The van der Waals surface area contributed by atoms with E-state index in [0.717, 1.165) is 33.8 Å². The summed E-state index contributed by atoms with van der Waals surface area (Å²) >= 11 is 0. The van der Waals surface area contributed by atoms with Gasteiger partial charge in [0.05, 0.1) is 5.69 Å². The van der Waals surface area contributed by atoms with E-state index in [0.29, 0.717) is 17.2 Å². The van der Waals surface area contributed by atoms with Crippen LogP contribution in [0.5, 0.6) is 0 Å². The van der Waals surface area contributed by atoms with Gasteiger partial charge < -0.3 is 16.0 Å². The van der Waals surface area contributed by atoms with E-state index in [-0.39, 0.29) is 11.8 Å². The topological polar surface area (TPSA) is 96.0 Å². The summed E-state index contributed by atoms with van der Waals surface area (Å²) in [6, 6.07) is 22.5. The fourth-order valence-corrected chi connectivity index (χ4v) is 3.68. The Hall–Kier alpha value is -4.52. The summed E-state index contributed by atoms with van der Waals surface area (Å²) in [5.41, 5.74) is 6.33. The van der Waals surface area contributed by atoms with Gasteiger partial charge in [0.2, 0.25) is 11.9 Å². The maximum absolute atomic E-state index is 12.8. The van der Waals surface area contributed by atoms with Crippen molar-refractivity contribution in [2.45, 2.75) is 20.8 Å². The summed E-state index contributed by atoms with van der Waals surface area (Å²) in [4.78, 5) is 32.9. The van der Waals surface area contributed by atoms with Crippen molar-refractivity contribution in [3.05, 3.63) is 95.7 Å². The molecule has 34 heavy (non-hydrogen) atoms. The van der Waals surface area contributed by atoms with Crippen molar-refractivity contribution >= 4 is 34.8 Å². The number of anilines is 4. The Morgan fingerprint density at radius 3 is 2.15 bits per heavy atom. The molecule has 3 aromatic carbocycles. The molecule has 0 bridgehead atoms. The van der Waals surface area contributed by atoms with Crippen molar-refractivity contribution in [3.8, 4) is 11.3 Å².